The van der Waals surface area contributed by atoms with Crippen molar-refractivity contribution in [1.29, 1.82) is 0 Å². The van der Waals surface area contributed by atoms with Crippen LogP contribution in [0.15, 0.2) is 243 Å². The van der Waals surface area contributed by atoms with Crippen molar-refractivity contribution in [2.75, 3.05) is 9.80 Å². The second kappa shape index (κ2) is 19.2. The molecule has 12 aromatic rings. The molecule has 2 aliphatic heterocycles. The molecule has 0 saturated heterocycles. The number of fused-ring (bicyclic) bond motifs is 8. The van der Waals surface area contributed by atoms with Gasteiger partial charge in [0.1, 0.15) is 0 Å². The van der Waals surface area contributed by atoms with E-state index in [2.05, 4.69) is 326 Å². The predicted molar refractivity (Wildman–Crippen MR) is 365 cm³/mol. The zero-order valence-electron chi connectivity index (χ0n) is 50.7. The smallest absolute Gasteiger partial charge is 0.252 e. The Labute approximate surface area is 503 Å². The lowest BCUT2D eigenvalue weighted by molar-refractivity contribution is 0.403. The van der Waals surface area contributed by atoms with Crippen LogP contribution in [0.3, 0.4) is 0 Å². The maximum absolute atomic E-state index is 2.60. The molecule has 0 fully saturated rings. The standard InChI is InChI=1S/C81H72BN3/c1-78(2,3)60-35-24-54(25-36-60)58-33-44-69-73(47-58)83(62-39-28-53(29-40-62)52-18-12-11-13-19-52)75-49-64(85-71-22-16-14-20-65(71)66-21-15-17-23-72(66)85)50-76-77(75)82(69)70-45-34-59(55-26-37-61(38-27-55)79(4,5)6)48-74(70)84(76)63-41-30-56(31-42-63)57-32-43-67-68(46-57)81(9,10)51-80(67,7)8/h11-50H,51H2,1-10H3. The molecule has 0 N–H and O–H groups in total. The number of nitrogens with zero attached hydrogens (tertiary/aromatic N) is 3. The Balaban J connectivity index is 1.01. The molecule has 0 saturated carbocycles. The average molecular weight is 1100 g/mol. The largest absolute Gasteiger partial charge is 0.311 e. The third-order valence-electron chi connectivity index (χ3n) is 19.1. The van der Waals surface area contributed by atoms with Gasteiger partial charge >= 0.3 is 0 Å². The van der Waals surface area contributed by atoms with E-state index in [1.54, 1.807) is 0 Å². The van der Waals surface area contributed by atoms with Gasteiger partial charge in [0.05, 0.1) is 16.7 Å². The van der Waals surface area contributed by atoms with E-state index in [-0.39, 0.29) is 28.4 Å². The van der Waals surface area contributed by atoms with Gasteiger partial charge in [-0.3, -0.25) is 0 Å². The summed E-state index contributed by atoms with van der Waals surface area (Å²) in [5.74, 6) is 0. The van der Waals surface area contributed by atoms with Gasteiger partial charge in [-0.15, -0.1) is 0 Å². The molecule has 3 nitrogen and oxygen atoms in total. The highest BCUT2D eigenvalue weighted by Gasteiger charge is 2.45. The van der Waals surface area contributed by atoms with E-state index in [0.29, 0.717) is 0 Å². The minimum atomic E-state index is -0.0915. The van der Waals surface area contributed by atoms with Crippen LogP contribution in [0.5, 0.6) is 0 Å². The van der Waals surface area contributed by atoms with Gasteiger partial charge in [0.15, 0.2) is 0 Å². The number of rotatable bonds is 7. The summed E-state index contributed by atoms with van der Waals surface area (Å²) in [6, 6.07) is 92.7. The Kier molecular flexibility index (Phi) is 11.9. The fourth-order valence-electron chi connectivity index (χ4n) is 15.0. The molecular weight excluding hydrogens is 1030 g/mol. The van der Waals surface area contributed by atoms with E-state index in [9.17, 15) is 0 Å². The van der Waals surface area contributed by atoms with Crippen LogP contribution >= 0.6 is 0 Å². The van der Waals surface area contributed by atoms with Crippen molar-refractivity contribution >= 4 is 79.0 Å². The molecule has 0 amide bonds. The quantitative estimate of drug-likeness (QED) is 0.147. The number of anilines is 6. The van der Waals surface area contributed by atoms with E-state index in [4.69, 9.17) is 0 Å². The molecule has 0 spiro atoms. The van der Waals surface area contributed by atoms with E-state index in [1.165, 1.54) is 122 Å². The summed E-state index contributed by atoms with van der Waals surface area (Å²) in [7, 11) is 0. The number of benzene rings is 11. The Morgan fingerprint density at radius 1 is 0.329 bits per heavy atom. The second-order valence-electron chi connectivity index (χ2n) is 27.7. The van der Waals surface area contributed by atoms with Gasteiger partial charge < -0.3 is 14.4 Å². The third kappa shape index (κ3) is 8.70. The molecule has 4 heteroatoms. The van der Waals surface area contributed by atoms with E-state index < -0.39 is 0 Å². The minimum absolute atomic E-state index is 0.0430. The molecular formula is C81H72BN3. The zero-order valence-corrected chi connectivity index (χ0v) is 50.7. The van der Waals surface area contributed by atoms with Gasteiger partial charge in [-0.2, -0.15) is 0 Å². The number of para-hydroxylation sites is 2. The fraction of sp³-hybridized carbons (Fsp3) is 0.185. The van der Waals surface area contributed by atoms with Crippen molar-refractivity contribution in [3.8, 4) is 50.2 Å². The SMILES string of the molecule is CC(C)(C)c1ccc(-c2ccc3c(c2)N(c2ccc(-c4ccccc4)cc2)c2cc(-n4c5ccccc5c5ccccc54)cc4c2B3c2ccc(-c3ccc(C(C)(C)C)cc3)cc2N4c2ccc(-c3ccc4c(c3)C(C)(C)CC4(C)C)cc2)cc1. The van der Waals surface area contributed by atoms with Crippen LogP contribution in [-0.4, -0.2) is 11.3 Å². The first-order valence-corrected chi connectivity index (χ1v) is 30.6. The highest BCUT2D eigenvalue weighted by molar-refractivity contribution is 7.00. The van der Waals surface area contributed by atoms with Crippen molar-refractivity contribution in [3.63, 3.8) is 0 Å². The first kappa shape index (κ1) is 52.7. The molecule has 0 atom stereocenters. The zero-order chi connectivity index (χ0) is 58.3. The highest BCUT2D eigenvalue weighted by Crippen LogP contribution is 2.52. The molecule has 0 unspecified atom stereocenters. The van der Waals surface area contributed by atoms with Crippen LogP contribution in [0.25, 0.3) is 72.0 Å². The summed E-state index contributed by atoms with van der Waals surface area (Å²) in [5.41, 5.74) is 29.8. The lowest BCUT2D eigenvalue weighted by atomic mass is 9.33. The molecule has 0 bridgehead atoms. The average Bonchev–Trinajstić information content (AvgIpc) is 1.10. The number of hydrogen-bond acceptors (Lipinski definition) is 2. The molecule has 1 aliphatic carbocycles. The van der Waals surface area contributed by atoms with Gasteiger partial charge in [-0.25, -0.2) is 0 Å². The lowest BCUT2D eigenvalue weighted by Gasteiger charge is -2.44. The maximum Gasteiger partial charge on any atom is 0.252 e. The first-order chi connectivity index (χ1) is 40.9. The summed E-state index contributed by atoms with van der Waals surface area (Å²) in [4.78, 5) is 5.18. The normalized spacial score (nSPS) is 14.8. The van der Waals surface area contributed by atoms with Crippen LogP contribution in [-0.2, 0) is 21.7 Å². The van der Waals surface area contributed by atoms with Crippen molar-refractivity contribution in [1.82, 2.24) is 4.57 Å². The fourth-order valence-corrected chi connectivity index (χ4v) is 15.0. The summed E-state index contributed by atoms with van der Waals surface area (Å²) >= 11 is 0. The molecule has 3 heterocycles. The second-order valence-corrected chi connectivity index (χ2v) is 27.7. The first-order valence-electron chi connectivity index (χ1n) is 30.6. The van der Waals surface area contributed by atoms with Crippen molar-refractivity contribution in [2.24, 2.45) is 0 Å². The van der Waals surface area contributed by atoms with Gasteiger partial charge in [0.2, 0.25) is 0 Å². The van der Waals surface area contributed by atoms with Crippen molar-refractivity contribution in [3.05, 3.63) is 265 Å². The van der Waals surface area contributed by atoms with Crippen LogP contribution in [0.1, 0.15) is 97.9 Å². The summed E-state index contributed by atoms with van der Waals surface area (Å²) in [6.07, 6.45) is 1.14. The number of hydrogen-bond donors (Lipinski definition) is 0. The maximum atomic E-state index is 2.60. The molecule has 15 rings (SSSR count). The topological polar surface area (TPSA) is 11.4 Å². The Morgan fingerprint density at radius 2 is 0.706 bits per heavy atom. The van der Waals surface area contributed by atoms with Gasteiger partial charge in [-0.05, 0) is 172 Å². The Hall–Kier alpha value is -9.12. The van der Waals surface area contributed by atoms with Crippen LogP contribution in [0.4, 0.5) is 34.1 Å². The summed E-state index contributed by atoms with van der Waals surface area (Å²) in [5, 5.41) is 2.48. The van der Waals surface area contributed by atoms with Crippen molar-refractivity contribution < 1.29 is 0 Å². The summed E-state index contributed by atoms with van der Waals surface area (Å²) in [6.45, 7) is 23.3. The van der Waals surface area contributed by atoms with Crippen LogP contribution in [0.2, 0.25) is 0 Å². The van der Waals surface area contributed by atoms with Crippen LogP contribution < -0.4 is 26.2 Å². The third-order valence-corrected chi connectivity index (χ3v) is 19.1. The molecule has 414 valence electrons. The lowest BCUT2D eigenvalue weighted by Crippen LogP contribution is -2.61. The van der Waals surface area contributed by atoms with Crippen LogP contribution in [0, 0.1) is 0 Å². The van der Waals surface area contributed by atoms with Crippen molar-refractivity contribution in [2.45, 2.75) is 97.3 Å². The monoisotopic (exact) mass is 1100 g/mol. The van der Waals surface area contributed by atoms with Gasteiger partial charge in [0.25, 0.3) is 6.71 Å². The van der Waals surface area contributed by atoms with E-state index >= 15 is 0 Å². The van der Waals surface area contributed by atoms with Gasteiger partial charge in [-0.1, -0.05) is 251 Å². The minimum Gasteiger partial charge on any atom is -0.311 e. The molecule has 85 heavy (non-hydrogen) atoms. The Bertz CT molecular complexity index is 4550. The molecule has 1 aromatic heterocycles. The number of aromatic nitrogens is 1. The van der Waals surface area contributed by atoms with E-state index in [1.807, 2.05) is 0 Å². The highest BCUT2D eigenvalue weighted by atomic mass is 15.2. The van der Waals surface area contributed by atoms with Gasteiger partial charge in [0, 0.05) is 44.9 Å². The Morgan fingerprint density at radius 3 is 1.18 bits per heavy atom. The van der Waals surface area contributed by atoms with E-state index in [0.717, 1.165) is 29.2 Å². The predicted octanol–water partition coefficient (Wildman–Crippen LogP) is 20.1. The summed E-state index contributed by atoms with van der Waals surface area (Å²) < 4.78 is 2.51. The molecule has 0 radical (unpaired) electrons. The molecule has 3 aliphatic rings. The molecule has 11 aromatic carbocycles.